The number of pyridine rings is 1. The lowest BCUT2D eigenvalue weighted by Gasteiger charge is -2.50. The van der Waals surface area contributed by atoms with Crippen LogP contribution < -0.4 is 5.73 Å². The van der Waals surface area contributed by atoms with Crippen molar-refractivity contribution in [2.75, 3.05) is 19.8 Å². The third kappa shape index (κ3) is 3.31. The highest BCUT2D eigenvalue weighted by Crippen LogP contribution is 2.54. The van der Waals surface area contributed by atoms with Crippen molar-refractivity contribution in [3.63, 3.8) is 0 Å². The van der Waals surface area contributed by atoms with Gasteiger partial charge >= 0.3 is 0 Å². The lowest BCUT2D eigenvalue weighted by Crippen LogP contribution is -2.65. The highest BCUT2D eigenvalue weighted by Gasteiger charge is 2.64. The number of phenols is 1. The van der Waals surface area contributed by atoms with Gasteiger partial charge in [-0.3, -0.25) is 19.3 Å². The second-order valence-corrected chi connectivity index (χ2v) is 10.2. The molecule has 38 heavy (non-hydrogen) atoms. The van der Waals surface area contributed by atoms with Crippen LogP contribution in [-0.4, -0.2) is 73.4 Å². The number of likely N-dealkylation sites (N-methyl/N-ethyl adjacent to an activating group) is 1. The number of hydrogen-bond donors (Lipinski definition) is 5. The Bertz CT molecular complexity index is 1490. The average Bonchev–Trinajstić information content (AvgIpc) is 2.83. The number of ketones is 3. The lowest BCUT2D eigenvalue weighted by atomic mass is 9.57. The molecule has 0 amide bonds. The van der Waals surface area contributed by atoms with Crippen LogP contribution in [0.2, 0.25) is 0 Å². The van der Waals surface area contributed by atoms with Gasteiger partial charge < -0.3 is 26.2 Å². The fraction of sp³-hybridized carbons (Fsp3) is 0.333. The van der Waals surface area contributed by atoms with E-state index in [1.807, 2.05) is 0 Å². The molecule has 198 valence electrons. The number of halogens is 1. The van der Waals surface area contributed by atoms with E-state index in [9.17, 15) is 39.2 Å². The number of phenolic OH excluding ortho intramolecular Hbond substituents is 1. The minimum atomic E-state index is -2.64. The quantitative estimate of drug-likeness (QED) is 0.173. The molecule has 1 heterocycles. The van der Waals surface area contributed by atoms with Crippen LogP contribution in [0.25, 0.3) is 16.9 Å². The van der Waals surface area contributed by atoms with Crippen LogP contribution in [0.3, 0.4) is 0 Å². The smallest absolute Gasteiger partial charge is 0.212 e. The van der Waals surface area contributed by atoms with Crippen molar-refractivity contribution in [3.05, 3.63) is 58.4 Å². The van der Waals surface area contributed by atoms with Crippen LogP contribution in [-0.2, 0) is 20.8 Å². The van der Waals surface area contributed by atoms with E-state index in [0.29, 0.717) is 16.7 Å². The number of carbonyl (C=O) groups is 3. The monoisotopic (exact) mass is 523 g/mol. The van der Waals surface area contributed by atoms with Gasteiger partial charge in [0.1, 0.15) is 22.8 Å². The predicted octanol–water partition coefficient (Wildman–Crippen LogP) is 1.85. The molecule has 5 rings (SSSR count). The van der Waals surface area contributed by atoms with Crippen LogP contribution in [0.15, 0.2) is 41.3 Å². The molecule has 0 bridgehead atoms. The van der Waals surface area contributed by atoms with Crippen molar-refractivity contribution in [3.8, 4) is 16.9 Å². The van der Waals surface area contributed by atoms with Crippen LogP contribution in [0.5, 0.6) is 5.75 Å². The van der Waals surface area contributed by atoms with Crippen LogP contribution >= 0.6 is 0 Å². The van der Waals surface area contributed by atoms with Crippen molar-refractivity contribution >= 4 is 28.8 Å². The Labute approximate surface area is 216 Å². The SMILES string of the molecule is CC(=O)C1=C(O)[C@@]2(O)C(=O)C3=C(O)c4c(cc(-c5ccc(F)nc5)c(N)c4O)C[C@H]3C[C@H]2[C@H](N(C)C)C1=O. The van der Waals surface area contributed by atoms with Gasteiger partial charge in [-0.25, -0.2) is 4.98 Å². The van der Waals surface area contributed by atoms with Gasteiger partial charge in [-0.2, -0.15) is 4.39 Å². The number of aliphatic hydroxyl groups is 3. The van der Waals surface area contributed by atoms with Crippen molar-refractivity contribution in [1.82, 2.24) is 9.88 Å². The third-order valence-corrected chi connectivity index (χ3v) is 7.89. The maximum Gasteiger partial charge on any atom is 0.212 e. The molecular formula is C27H26FN3O7. The molecule has 3 aliphatic carbocycles. The Kier molecular flexibility index (Phi) is 5.69. The zero-order valence-electron chi connectivity index (χ0n) is 20.8. The number of Topliss-reactive ketones (excluding diaryl/α,β-unsaturated/α-hetero) is 3. The van der Waals surface area contributed by atoms with Gasteiger partial charge in [-0.15, -0.1) is 0 Å². The maximum absolute atomic E-state index is 13.8. The van der Waals surface area contributed by atoms with Crippen molar-refractivity contribution in [2.24, 2.45) is 11.8 Å². The number of nitrogen functional groups attached to an aromatic ring is 1. The molecule has 0 spiro atoms. The lowest BCUT2D eigenvalue weighted by molar-refractivity contribution is -0.153. The normalized spacial score (nSPS) is 26.8. The zero-order valence-corrected chi connectivity index (χ0v) is 20.8. The molecule has 6 N–H and O–H groups in total. The number of aromatic hydroxyl groups is 1. The number of hydrogen-bond acceptors (Lipinski definition) is 10. The number of nitrogens with zero attached hydrogens (tertiary/aromatic N) is 2. The van der Waals surface area contributed by atoms with Gasteiger partial charge in [-0.1, -0.05) is 0 Å². The highest BCUT2D eigenvalue weighted by molar-refractivity contribution is 6.25. The van der Waals surface area contributed by atoms with Gasteiger partial charge in [0.05, 0.1) is 17.3 Å². The van der Waals surface area contributed by atoms with Gasteiger partial charge in [0.15, 0.2) is 17.2 Å². The first-order valence-corrected chi connectivity index (χ1v) is 11.9. The number of carbonyl (C=O) groups excluding carboxylic acids is 3. The number of anilines is 1. The summed E-state index contributed by atoms with van der Waals surface area (Å²) in [5, 5.41) is 44.8. The van der Waals surface area contributed by atoms with E-state index in [0.717, 1.165) is 13.0 Å². The number of rotatable bonds is 3. The summed E-state index contributed by atoms with van der Waals surface area (Å²) < 4.78 is 13.4. The first-order valence-electron chi connectivity index (χ1n) is 11.9. The fourth-order valence-corrected chi connectivity index (χ4v) is 6.19. The van der Waals surface area contributed by atoms with E-state index < -0.39 is 69.6 Å². The van der Waals surface area contributed by atoms with E-state index in [4.69, 9.17) is 5.73 Å². The number of benzene rings is 1. The molecule has 4 atom stereocenters. The number of aromatic nitrogens is 1. The zero-order chi connectivity index (χ0) is 27.8. The second kappa shape index (κ2) is 8.47. The van der Waals surface area contributed by atoms with E-state index in [1.54, 1.807) is 20.2 Å². The molecule has 1 aromatic carbocycles. The summed E-state index contributed by atoms with van der Waals surface area (Å²) in [7, 11) is 3.13. The third-order valence-electron chi connectivity index (χ3n) is 7.89. The largest absolute Gasteiger partial charge is 0.508 e. The Morgan fingerprint density at radius 1 is 1.21 bits per heavy atom. The van der Waals surface area contributed by atoms with Crippen LogP contribution in [0.1, 0.15) is 24.5 Å². The minimum Gasteiger partial charge on any atom is -0.508 e. The first-order chi connectivity index (χ1) is 17.8. The summed E-state index contributed by atoms with van der Waals surface area (Å²) in [6.45, 7) is 1.05. The molecule has 3 aliphatic rings. The van der Waals surface area contributed by atoms with E-state index >= 15 is 0 Å². The molecule has 0 unspecified atom stereocenters. The molecule has 0 saturated heterocycles. The number of nitrogens with two attached hydrogens (primary N) is 1. The van der Waals surface area contributed by atoms with Crippen molar-refractivity contribution in [2.45, 2.75) is 31.4 Å². The predicted molar refractivity (Wildman–Crippen MR) is 133 cm³/mol. The van der Waals surface area contributed by atoms with Gasteiger partial charge in [0.25, 0.3) is 0 Å². The molecule has 0 radical (unpaired) electrons. The minimum absolute atomic E-state index is 0.00345. The molecular weight excluding hydrogens is 497 g/mol. The van der Waals surface area contributed by atoms with Crippen LogP contribution in [0.4, 0.5) is 10.1 Å². The Hall–Kier alpha value is -4.09. The maximum atomic E-state index is 13.8. The summed E-state index contributed by atoms with van der Waals surface area (Å²) in [4.78, 5) is 44.4. The summed E-state index contributed by atoms with van der Waals surface area (Å²) >= 11 is 0. The molecule has 2 aromatic rings. The van der Waals surface area contributed by atoms with Crippen LogP contribution in [0, 0.1) is 17.8 Å². The summed E-state index contributed by atoms with van der Waals surface area (Å²) in [5.74, 6) is -7.23. The first kappa shape index (κ1) is 25.6. The number of fused-ring (bicyclic) bond motifs is 3. The number of aliphatic hydroxyl groups excluding tert-OH is 2. The highest BCUT2D eigenvalue weighted by atomic mass is 19.1. The molecule has 10 nitrogen and oxygen atoms in total. The summed E-state index contributed by atoms with van der Waals surface area (Å²) in [5.41, 5.74) is 3.58. The average molecular weight is 524 g/mol. The summed E-state index contributed by atoms with van der Waals surface area (Å²) in [6.07, 6.45) is 1.38. The fourth-order valence-electron chi connectivity index (χ4n) is 6.19. The standard InChI is InChI=1S/C27H26FN3O7/c1-10(32)17-24(35)21(31(2)3)15-8-13-6-12-7-14(11-4-5-16(28)30-9-11)20(29)23(34)18(12)22(33)19(13)26(37)27(15,38)25(17)36/h4-5,7,9,13,15,21,33-34,36,38H,6,8,29H2,1-3H3/t13-,15-,21-,27+/m0/s1. The van der Waals surface area contributed by atoms with Gasteiger partial charge in [-0.05, 0) is 63.5 Å². The Morgan fingerprint density at radius 3 is 2.47 bits per heavy atom. The Balaban J connectivity index is 1.71. The van der Waals surface area contributed by atoms with E-state index in [2.05, 4.69) is 4.98 Å². The molecule has 1 aromatic heterocycles. The van der Waals surface area contributed by atoms with E-state index in [-0.39, 0.29) is 29.7 Å². The molecule has 11 heteroatoms. The van der Waals surface area contributed by atoms with Crippen molar-refractivity contribution < 1.29 is 39.2 Å². The Morgan fingerprint density at radius 2 is 1.89 bits per heavy atom. The molecule has 1 fully saturated rings. The van der Waals surface area contributed by atoms with Crippen molar-refractivity contribution in [1.29, 1.82) is 0 Å². The van der Waals surface area contributed by atoms with E-state index in [1.165, 1.54) is 17.2 Å². The molecule has 0 aliphatic heterocycles. The molecule has 1 saturated carbocycles. The second-order valence-electron chi connectivity index (χ2n) is 10.2. The van der Waals surface area contributed by atoms with Gasteiger partial charge in [0.2, 0.25) is 11.7 Å². The summed E-state index contributed by atoms with van der Waals surface area (Å²) in [6, 6.07) is 3.09. The topological polar surface area (TPSA) is 174 Å². The van der Waals surface area contributed by atoms with Gasteiger partial charge in [0, 0.05) is 28.8 Å².